The molecule has 0 aliphatic heterocycles. The average Bonchev–Trinajstić information content (AvgIpc) is 3.20. The molecule has 134 valence electrons. The molecule has 1 aliphatic carbocycles. The zero-order valence-electron chi connectivity index (χ0n) is 15.0. The van der Waals surface area contributed by atoms with Crippen LogP contribution in [0.2, 0.25) is 0 Å². The second-order valence-corrected chi connectivity index (χ2v) is 6.93. The third kappa shape index (κ3) is 2.94. The summed E-state index contributed by atoms with van der Waals surface area (Å²) < 4.78 is 2.20. The molecule has 5 nitrogen and oxygen atoms in total. The van der Waals surface area contributed by atoms with Gasteiger partial charge in [-0.25, -0.2) is 0 Å². The minimum atomic E-state index is -0.146. The van der Waals surface area contributed by atoms with E-state index in [1.807, 2.05) is 19.1 Å². The number of carbonyl (C=O) groups excluding carboxylic acids is 2. The van der Waals surface area contributed by atoms with E-state index < -0.39 is 0 Å². The second kappa shape index (κ2) is 6.83. The van der Waals surface area contributed by atoms with Crippen LogP contribution in [-0.2, 0) is 13.0 Å². The lowest BCUT2D eigenvalue weighted by atomic mass is 9.93. The number of carbonyl (C=O) groups is 2. The fourth-order valence-corrected chi connectivity index (χ4v) is 3.89. The van der Waals surface area contributed by atoms with Gasteiger partial charge in [-0.3, -0.25) is 9.59 Å². The molecule has 0 fully saturated rings. The van der Waals surface area contributed by atoms with E-state index in [0.29, 0.717) is 24.1 Å². The monoisotopic (exact) mass is 349 g/mol. The van der Waals surface area contributed by atoms with Crippen molar-refractivity contribution < 1.29 is 9.59 Å². The number of aromatic amines is 1. The molecule has 1 aromatic carbocycles. The number of aryl methyl sites for hydroxylation is 3. The third-order valence-corrected chi connectivity index (χ3v) is 5.14. The van der Waals surface area contributed by atoms with Crippen LogP contribution in [0, 0.1) is 6.92 Å². The molecule has 3 aromatic rings. The highest BCUT2D eigenvalue weighted by molar-refractivity contribution is 6.10. The van der Waals surface area contributed by atoms with Crippen molar-refractivity contribution in [2.24, 2.45) is 0 Å². The highest BCUT2D eigenvalue weighted by Gasteiger charge is 2.28. The summed E-state index contributed by atoms with van der Waals surface area (Å²) in [4.78, 5) is 28.1. The van der Waals surface area contributed by atoms with Gasteiger partial charge >= 0.3 is 0 Å². The number of ketones is 1. The van der Waals surface area contributed by atoms with Crippen molar-refractivity contribution in [1.82, 2.24) is 14.9 Å². The molecule has 0 atom stereocenters. The van der Waals surface area contributed by atoms with E-state index in [1.165, 1.54) is 10.9 Å². The third-order valence-electron chi connectivity index (χ3n) is 5.14. The maximum atomic E-state index is 12.6. The van der Waals surface area contributed by atoms with Crippen LogP contribution < -0.4 is 5.32 Å². The lowest BCUT2D eigenvalue weighted by Crippen LogP contribution is -2.27. The van der Waals surface area contributed by atoms with Crippen molar-refractivity contribution in [1.29, 1.82) is 0 Å². The number of amides is 1. The smallest absolute Gasteiger partial charge is 0.253 e. The quantitative estimate of drug-likeness (QED) is 0.691. The van der Waals surface area contributed by atoms with Gasteiger partial charge in [0.05, 0.1) is 11.1 Å². The maximum absolute atomic E-state index is 12.6. The number of nitrogens with zero attached hydrogens (tertiary/aromatic N) is 1. The van der Waals surface area contributed by atoms with Crippen LogP contribution in [0.15, 0.2) is 36.5 Å². The van der Waals surface area contributed by atoms with Gasteiger partial charge < -0.3 is 14.9 Å². The Morgan fingerprint density at radius 3 is 2.96 bits per heavy atom. The van der Waals surface area contributed by atoms with Crippen LogP contribution in [0.3, 0.4) is 0 Å². The Bertz CT molecular complexity index is 980. The van der Waals surface area contributed by atoms with Crippen molar-refractivity contribution >= 4 is 22.6 Å². The highest BCUT2D eigenvalue weighted by Crippen LogP contribution is 2.26. The molecule has 4 rings (SSSR count). The van der Waals surface area contributed by atoms with Crippen LogP contribution in [0.4, 0.5) is 0 Å². The standard InChI is InChI=1S/C21H23N3O2/c1-14-19(20-16(23-14)7-4-9-18(20)25)21(26)22-11-5-12-24-13-10-15-6-2-3-8-17(15)24/h2-3,6,8,10,13,23H,4-5,7,9,11-12H2,1H3,(H,22,26). The number of benzene rings is 1. The fraction of sp³-hybridized carbons (Fsp3) is 0.333. The first kappa shape index (κ1) is 16.6. The number of hydrogen-bond donors (Lipinski definition) is 2. The molecule has 2 aromatic heterocycles. The van der Waals surface area contributed by atoms with Gasteiger partial charge in [-0.15, -0.1) is 0 Å². The van der Waals surface area contributed by atoms with E-state index in [0.717, 1.165) is 37.2 Å². The molecule has 2 N–H and O–H groups in total. The van der Waals surface area contributed by atoms with Crippen molar-refractivity contribution in [3.05, 3.63) is 59.0 Å². The highest BCUT2D eigenvalue weighted by atomic mass is 16.2. The number of H-pyrrole nitrogens is 1. The van der Waals surface area contributed by atoms with Crippen molar-refractivity contribution in [2.75, 3.05) is 6.54 Å². The van der Waals surface area contributed by atoms with E-state index in [-0.39, 0.29) is 11.7 Å². The topological polar surface area (TPSA) is 66.9 Å². The van der Waals surface area contributed by atoms with Crippen LogP contribution in [0.5, 0.6) is 0 Å². The predicted octanol–water partition coefficient (Wildman–Crippen LogP) is 3.62. The minimum Gasteiger partial charge on any atom is -0.361 e. The zero-order valence-corrected chi connectivity index (χ0v) is 15.0. The zero-order chi connectivity index (χ0) is 18.1. The SMILES string of the molecule is Cc1[nH]c2c(c1C(=O)NCCCn1ccc3ccccc31)C(=O)CCC2. The Kier molecular flexibility index (Phi) is 4.37. The number of aromatic nitrogens is 2. The molecular weight excluding hydrogens is 326 g/mol. The molecule has 0 unspecified atom stereocenters. The van der Waals surface area contributed by atoms with Gasteiger partial charge in [0.15, 0.2) is 5.78 Å². The van der Waals surface area contributed by atoms with E-state index >= 15 is 0 Å². The number of para-hydroxylation sites is 1. The summed E-state index contributed by atoms with van der Waals surface area (Å²) >= 11 is 0. The summed E-state index contributed by atoms with van der Waals surface area (Å²) in [6, 6.07) is 10.4. The van der Waals surface area contributed by atoms with Crippen LogP contribution in [0.25, 0.3) is 10.9 Å². The summed E-state index contributed by atoms with van der Waals surface area (Å²) in [6.07, 6.45) is 5.15. The van der Waals surface area contributed by atoms with E-state index in [9.17, 15) is 9.59 Å². The molecule has 0 spiro atoms. The molecule has 0 bridgehead atoms. The molecule has 0 saturated heterocycles. The number of Topliss-reactive ketones (excluding diaryl/α,β-unsaturated/α-hetero) is 1. The molecule has 2 heterocycles. The van der Waals surface area contributed by atoms with Crippen LogP contribution in [-0.4, -0.2) is 27.8 Å². The maximum Gasteiger partial charge on any atom is 0.253 e. The van der Waals surface area contributed by atoms with Gasteiger partial charge in [0.25, 0.3) is 5.91 Å². The molecule has 1 aliphatic rings. The molecule has 0 radical (unpaired) electrons. The average molecular weight is 349 g/mol. The van der Waals surface area contributed by atoms with Gasteiger partial charge in [-0.1, -0.05) is 18.2 Å². The summed E-state index contributed by atoms with van der Waals surface area (Å²) in [7, 11) is 0. The van der Waals surface area contributed by atoms with Gasteiger partial charge in [0.2, 0.25) is 0 Å². The van der Waals surface area contributed by atoms with Gasteiger partial charge in [-0.2, -0.15) is 0 Å². The molecular formula is C21H23N3O2. The minimum absolute atomic E-state index is 0.0829. The Morgan fingerprint density at radius 2 is 2.08 bits per heavy atom. The lowest BCUT2D eigenvalue weighted by Gasteiger charge is -2.12. The van der Waals surface area contributed by atoms with Gasteiger partial charge in [0.1, 0.15) is 0 Å². The van der Waals surface area contributed by atoms with Crippen molar-refractivity contribution in [3.8, 4) is 0 Å². The van der Waals surface area contributed by atoms with Crippen molar-refractivity contribution in [3.63, 3.8) is 0 Å². The van der Waals surface area contributed by atoms with E-state index in [4.69, 9.17) is 0 Å². The second-order valence-electron chi connectivity index (χ2n) is 6.93. The summed E-state index contributed by atoms with van der Waals surface area (Å²) in [5, 5.41) is 4.21. The van der Waals surface area contributed by atoms with Crippen LogP contribution in [0.1, 0.15) is 51.4 Å². The molecule has 0 saturated carbocycles. The first-order chi connectivity index (χ1) is 12.6. The molecule has 1 amide bonds. The largest absolute Gasteiger partial charge is 0.361 e. The Balaban J connectivity index is 1.39. The fourth-order valence-electron chi connectivity index (χ4n) is 3.89. The van der Waals surface area contributed by atoms with Crippen LogP contribution >= 0.6 is 0 Å². The normalized spacial score (nSPS) is 13.8. The Hall–Kier alpha value is -2.82. The number of hydrogen-bond acceptors (Lipinski definition) is 2. The first-order valence-electron chi connectivity index (χ1n) is 9.22. The van der Waals surface area contributed by atoms with Gasteiger partial charge in [0, 0.05) is 42.6 Å². The molecule has 5 heteroatoms. The lowest BCUT2D eigenvalue weighted by molar-refractivity contribution is 0.0927. The van der Waals surface area contributed by atoms with Gasteiger partial charge in [-0.05, 0) is 43.7 Å². The van der Waals surface area contributed by atoms with E-state index in [1.54, 1.807) is 0 Å². The Morgan fingerprint density at radius 1 is 1.23 bits per heavy atom. The predicted molar refractivity (Wildman–Crippen MR) is 102 cm³/mol. The number of nitrogens with one attached hydrogen (secondary N) is 2. The summed E-state index contributed by atoms with van der Waals surface area (Å²) in [5.74, 6) is -0.0628. The summed E-state index contributed by atoms with van der Waals surface area (Å²) in [6.45, 7) is 3.29. The number of rotatable bonds is 5. The molecule has 26 heavy (non-hydrogen) atoms. The van der Waals surface area contributed by atoms with Crippen molar-refractivity contribution in [2.45, 2.75) is 39.2 Å². The summed E-state index contributed by atoms with van der Waals surface area (Å²) in [5.41, 5.74) is 4.07. The van der Waals surface area contributed by atoms with E-state index in [2.05, 4.69) is 39.3 Å². The number of fused-ring (bicyclic) bond motifs is 2. The Labute approximate surface area is 152 Å². The first-order valence-corrected chi connectivity index (χ1v) is 9.22.